The van der Waals surface area contributed by atoms with Gasteiger partial charge >= 0.3 is 0 Å². The summed E-state index contributed by atoms with van der Waals surface area (Å²) in [6.07, 6.45) is 0. The van der Waals surface area contributed by atoms with E-state index in [-0.39, 0.29) is 11.7 Å². The van der Waals surface area contributed by atoms with Crippen molar-refractivity contribution in [3.8, 4) is 5.75 Å². The third-order valence-corrected chi connectivity index (χ3v) is 1.11. The van der Waals surface area contributed by atoms with Crippen molar-refractivity contribution in [1.82, 2.24) is 0 Å². The zero-order valence-electron chi connectivity index (χ0n) is 5.86. The van der Waals surface area contributed by atoms with Crippen LogP contribution >= 0.6 is 0 Å². The van der Waals surface area contributed by atoms with Gasteiger partial charge < -0.3 is 16.6 Å². The molecule has 11 heavy (non-hydrogen) atoms. The number of aliphatic imine (C=N–C) groups is 1. The van der Waals surface area contributed by atoms with Gasteiger partial charge in [-0.05, 0) is 24.3 Å². The molecule has 0 heterocycles. The lowest BCUT2D eigenvalue weighted by molar-refractivity contribution is 0.475. The molecule has 0 saturated carbocycles. The van der Waals surface area contributed by atoms with Crippen LogP contribution in [0, 0.1) is 0 Å². The maximum atomic E-state index is 8.88. The van der Waals surface area contributed by atoms with Crippen LogP contribution in [0.1, 0.15) is 0 Å². The average Bonchev–Trinajstić information content (AvgIpc) is 1.93. The first-order chi connectivity index (χ1) is 5.18. The second-order valence-electron chi connectivity index (χ2n) is 2.05. The highest BCUT2D eigenvalue weighted by Crippen LogP contribution is 2.15. The lowest BCUT2D eigenvalue weighted by Crippen LogP contribution is -2.21. The lowest BCUT2D eigenvalue weighted by atomic mass is 10.3. The Hall–Kier alpha value is -1.71. The fourth-order valence-corrected chi connectivity index (χ4v) is 0.676. The summed E-state index contributed by atoms with van der Waals surface area (Å²) >= 11 is 0. The van der Waals surface area contributed by atoms with Gasteiger partial charge in [0.15, 0.2) is 5.96 Å². The fourth-order valence-electron chi connectivity index (χ4n) is 0.676. The number of guanidine groups is 1. The van der Waals surface area contributed by atoms with Crippen molar-refractivity contribution in [2.45, 2.75) is 0 Å². The highest BCUT2D eigenvalue weighted by atomic mass is 16.3. The molecule has 4 heteroatoms. The summed E-state index contributed by atoms with van der Waals surface area (Å²) < 4.78 is 0. The monoisotopic (exact) mass is 151 g/mol. The molecule has 5 N–H and O–H groups in total. The predicted octanol–water partition coefficient (Wildman–Crippen LogP) is 0.297. The molecule has 0 aliphatic rings. The number of nitrogens with zero attached hydrogens (tertiary/aromatic N) is 1. The van der Waals surface area contributed by atoms with Crippen LogP contribution in [0.4, 0.5) is 5.69 Å². The molecule has 0 amide bonds. The molecule has 1 aromatic rings. The van der Waals surface area contributed by atoms with Crippen LogP contribution in [0.15, 0.2) is 29.3 Å². The lowest BCUT2D eigenvalue weighted by Gasteiger charge is -1.94. The second-order valence-corrected chi connectivity index (χ2v) is 2.05. The van der Waals surface area contributed by atoms with Crippen LogP contribution in [-0.4, -0.2) is 11.1 Å². The van der Waals surface area contributed by atoms with E-state index < -0.39 is 0 Å². The van der Waals surface area contributed by atoms with Gasteiger partial charge in [-0.25, -0.2) is 4.99 Å². The van der Waals surface area contributed by atoms with Crippen molar-refractivity contribution in [1.29, 1.82) is 0 Å². The van der Waals surface area contributed by atoms with Crippen LogP contribution in [0.3, 0.4) is 0 Å². The van der Waals surface area contributed by atoms with Crippen molar-refractivity contribution < 1.29 is 5.11 Å². The molecular weight excluding hydrogens is 142 g/mol. The predicted molar refractivity (Wildman–Crippen MR) is 43.6 cm³/mol. The molecule has 0 aliphatic carbocycles. The summed E-state index contributed by atoms with van der Waals surface area (Å²) in [6.45, 7) is 0. The van der Waals surface area contributed by atoms with Crippen molar-refractivity contribution in [2.75, 3.05) is 0 Å². The molecule has 1 aromatic carbocycles. The Kier molecular flexibility index (Phi) is 1.96. The molecule has 4 nitrogen and oxygen atoms in total. The quantitative estimate of drug-likeness (QED) is 0.398. The van der Waals surface area contributed by atoms with Crippen molar-refractivity contribution in [2.24, 2.45) is 16.5 Å². The Bertz CT molecular complexity index is 262. The first kappa shape index (κ1) is 7.40. The summed E-state index contributed by atoms with van der Waals surface area (Å²) in [5.74, 6) is 0.204. The molecule has 0 radical (unpaired) electrons. The zero-order chi connectivity index (χ0) is 8.27. The van der Waals surface area contributed by atoms with E-state index >= 15 is 0 Å². The van der Waals surface area contributed by atoms with E-state index in [1.54, 1.807) is 12.1 Å². The van der Waals surface area contributed by atoms with Crippen LogP contribution in [0.25, 0.3) is 0 Å². The first-order valence-corrected chi connectivity index (χ1v) is 3.07. The first-order valence-electron chi connectivity index (χ1n) is 3.07. The van der Waals surface area contributed by atoms with Gasteiger partial charge in [-0.2, -0.15) is 0 Å². The molecular formula is C7H9N3O. The highest BCUT2D eigenvalue weighted by molar-refractivity contribution is 5.78. The number of rotatable bonds is 1. The van der Waals surface area contributed by atoms with E-state index in [9.17, 15) is 0 Å². The molecule has 0 aromatic heterocycles. The topological polar surface area (TPSA) is 84.6 Å². The Balaban J connectivity index is 2.91. The largest absolute Gasteiger partial charge is 0.508 e. The summed E-state index contributed by atoms with van der Waals surface area (Å²) in [5, 5.41) is 8.88. The second kappa shape index (κ2) is 2.92. The number of phenols is 1. The third kappa shape index (κ3) is 2.17. The third-order valence-electron chi connectivity index (χ3n) is 1.11. The van der Waals surface area contributed by atoms with E-state index in [0.717, 1.165) is 0 Å². The summed E-state index contributed by atoms with van der Waals surface area (Å²) in [7, 11) is 0. The average molecular weight is 151 g/mol. The van der Waals surface area contributed by atoms with Crippen molar-refractivity contribution in [3.05, 3.63) is 24.3 Å². The number of phenolic OH excluding ortho intramolecular Hbond substituents is 1. The van der Waals surface area contributed by atoms with Gasteiger partial charge in [0, 0.05) is 0 Å². The van der Waals surface area contributed by atoms with Crippen LogP contribution < -0.4 is 11.5 Å². The Morgan fingerprint density at radius 2 is 1.73 bits per heavy atom. The van der Waals surface area contributed by atoms with Crippen molar-refractivity contribution >= 4 is 11.6 Å². The Morgan fingerprint density at radius 1 is 1.18 bits per heavy atom. The number of benzene rings is 1. The minimum atomic E-state index is 0.00990. The summed E-state index contributed by atoms with van der Waals surface area (Å²) in [4.78, 5) is 3.76. The van der Waals surface area contributed by atoms with Gasteiger partial charge in [0.1, 0.15) is 5.75 Å². The maximum Gasteiger partial charge on any atom is 0.191 e. The Labute approximate surface area is 64.2 Å². The van der Waals surface area contributed by atoms with Gasteiger partial charge in [-0.1, -0.05) is 0 Å². The molecule has 0 unspecified atom stereocenters. The molecule has 1 rings (SSSR count). The molecule has 0 bridgehead atoms. The van der Waals surface area contributed by atoms with Gasteiger partial charge in [0.25, 0.3) is 0 Å². The molecule has 58 valence electrons. The molecule has 0 saturated heterocycles. The fraction of sp³-hybridized carbons (Fsp3) is 0. The van der Waals surface area contributed by atoms with E-state index in [4.69, 9.17) is 16.6 Å². The summed E-state index contributed by atoms with van der Waals surface area (Å²) in [6, 6.07) is 6.27. The SMILES string of the molecule is NC(N)=Nc1ccc(O)cc1. The number of nitrogens with two attached hydrogens (primary N) is 2. The summed E-state index contributed by atoms with van der Waals surface area (Å²) in [5.41, 5.74) is 10.9. The smallest absolute Gasteiger partial charge is 0.191 e. The number of hydrogen-bond donors (Lipinski definition) is 3. The van der Waals surface area contributed by atoms with Crippen LogP contribution in [0.5, 0.6) is 5.75 Å². The minimum Gasteiger partial charge on any atom is -0.508 e. The van der Waals surface area contributed by atoms with Gasteiger partial charge in [-0.15, -0.1) is 0 Å². The Morgan fingerprint density at radius 3 is 2.18 bits per heavy atom. The van der Waals surface area contributed by atoms with Gasteiger partial charge in [0.05, 0.1) is 5.69 Å². The molecule has 0 atom stereocenters. The standard InChI is InChI=1S/C7H9N3O/c8-7(9)10-5-1-3-6(11)4-2-5/h1-4,11H,(H4,8,9,10). The number of aromatic hydroxyl groups is 1. The van der Waals surface area contributed by atoms with Crippen LogP contribution in [-0.2, 0) is 0 Å². The van der Waals surface area contributed by atoms with Crippen molar-refractivity contribution in [3.63, 3.8) is 0 Å². The molecule has 0 spiro atoms. The molecule has 0 aliphatic heterocycles. The maximum absolute atomic E-state index is 8.88. The van der Waals surface area contributed by atoms with Gasteiger partial charge in [0.2, 0.25) is 0 Å². The molecule has 0 fully saturated rings. The normalized spacial score (nSPS) is 9.09. The highest BCUT2D eigenvalue weighted by Gasteiger charge is 1.89. The van der Waals surface area contributed by atoms with Crippen LogP contribution in [0.2, 0.25) is 0 Å². The van der Waals surface area contributed by atoms with E-state index in [2.05, 4.69) is 4.99 Å². The van der Waals surface area contributed by atoms with E-state index in [0.29, 0.717) is 5.69 Å². The van der Waals surface area contributed by atoms with Gasteiger partial charge in [-0.3, -0.25) is 0 Å². The van der Waals surface area contributed by atoms with E-state index in [1.165, 1.54) is 12.1 Å². The zero-order valence-corrected chi connectivity index (χ0v) is 5.86. The minimum absolute atomic E-state index is 0.00990. The van der Waals surface area contributed by atoms with E-state index in [1.807, 2.05) is 0 Å². The number of hydrogen-bond acceptors (Lipinski definition) is 2.